The molecule has 0 radical (unpaired) electrons. The monoisotopic (exact) mass is 235 g/mol. The molecule has 0 saturated carbocycles. The van der Waals surface area contributed by atoms with Crippen LogP contribution in [0, 0.1) is 0 Å². The van der Waals surface area contributed by atoms with E-state index >= 15 is 0 Å². The summed E-state index contributed by atoms with van der Waals surface area (Å²) in [5, 5.41) is 13.0. The third-order valence-electron chi connectivity index (χ3n) is 3.42. The van der Waals surface area contributed by atoms with Crippen molar-refractivity contribution in [1.82, 2.24) is 9.88 Å². The smallest absolute Gasteiger partial charge is 0.0644 e. The molecule has 1 aromatic rings. The Kier molecular flexibility index (Phi) is 3.64. The van der Waals surface area contributed by atoms with Crippen LogP contribution in [0.1, 0.15) is 25.5 Å². The molecule has 0 unspecified atom stereocenters. The third kappa shape index (κ3) is 3.41. The van der Waals surface area contributed by atoms with Crippen LogP contribution in [0.15, 0.2) is 18.3 Å². The standard InChI is InChI=1S/C13H21N3O/c1-13(17)4-7-16(8-5-13)10-12-9-11(14-2)3-6-15-12/h3,6,9,17H,4-5,7-8,10H2,1-2H3,(H,14,15). The lowest BCUT2D eigenvalue weighted by atomic mass is 9.94. The van der Waals surface area contributed by atoms with E-state index in [4.69, 9.17) is 0 Å². The number of anilines is 1. The van der Waals surface area contributed by atoms with Gasteiger partial charge in [-0.25, -0.2) is 0 Å². The Hall–Kier alpha value is -1.13. The van der Waals surface area contributed by atoms with Crippen molar-refractivity contribution in [3.05, 3.63) is 24.0 Å². The summed E-state index contributed by atoms with van der Waals surface area (Å²) in [5.41, 5.74) is 1.70. The van der Waals surface area contributed by atoms with E-state index in [-0.39, 0.29) is 0 Å². The van der Waals surface area contributed by atoms with Crippen molar-refractivity contribution in [3.63, 3.8) is 0 Å². The Morgan fingerprint density at radius 1 is 1.47 bits per heavy atom. The molecule has 0 aliphatic carbocycles. The highest BCUT2D eigenvalue weighted by Gasteiger charge is 2.27. The van der Waals surface area contributed by atoms with Gasteiger partial charge in [-0.3, -0.25) is 9.88 Å². The van der Waals surface area contributed by atoms with Crippen LogP contribution in [0.3, 0.4) is 0 Å². The number of likely N-dealkylation sites (tertiary alicyclic amines) is 1. The van der Waals surface area contributed by atoms with Crippen LogP contribution < -0.4 is 5.32 Å². The molecule has 4 heteroatoms. The molecule has 2 heterocycles. The molecule has 0 bridgehead atoms. The van der Waals surface area contributed by atoms with Gasteiger partial charge in [0.2, 0.25) is 0 Å². The Morgan fingerprint density at radius 2 is 2.18 bits per heavy atom. The molecule has 94 valence electrons. The molecule has 17 heavy (non-hydrogen) atoms. The van der Waals surface area contributed by atoms with Gasteiger partial charge in [0.25, 0.3) is 0 Å². The Balaban J connectivity index is 1.93. The maximum Gasteiger partial charge on any atom is 0.0644 e. The van der Waals surface area contributed by atoms with Crippen LogP contribution in [0.5, 0.6) is 0 Å². The molecule has 1 aliphatic heterocycles. The normalized spacial score (nSPS) is 20.2. The second-order valence-electron chi connectivity index (χ2n) is 5.06. The van der Waals surface area contributed by atoms with Gasteiger partial charge in [-0.1, -0.05) is 0 Å². The van der Waals surface area contributed by atoms with Crippen LogP contribution >= 0.6 is 0 Å². The molecule has 0 amide bonds. The zero-order valence-electron chi connectivity index (χ0n) is 10.6. The van der Waals surface area contributed by atoms with Gasteiger partial charge in [-0.15, -0.1) is 0 Å². The van der Waals surface area contributed by atoms with Crippen LogP contribution in [0.25, 0.3) is 0 Å². The first-order chi connectivity index (χ1) is 8.09. The molecule has 1 aromatic heterocycles. The predicted octanol–water partition coefficient (Wildman–Crippen LogP) is 1.47. The fraction of sp³-hybridized carbons (Fsp3) is 0.615. The van der Waals surface area contributed by atoms with Gasteiger partial charge in [0.05, 0.1) is 11.3 Å². The van der Waals surface area contributed by atoms with Crippen LogP contribution in [0.2, 0.25) is 0 Å². The predicted molar refractivity (Wildman–Crippen MR) is 68.9 cm³/mol. The molecule has 2 rings (SSSR count). The summed E-state index contributed by atoms with van der Waals surface area (Å²) in [7, 11) is 1.91. The molecule has 1 saturated heterocycles. The van der Waals surface area contributed by atoms with Crippen molar-refractivity contribution in [3.8, 4) is 0 Å². The second-order valence-corrected chi connectivity index (χ2v) is 5.06. The Bertz CT molecular complexity index is 369. The average Bonchev–Trinajstić information content (AvgIpc) is 2.32. The van der Waals surface area contributed by atoms with Crippen LogP contribution in [-0.2, 0) is 6.54 Å². The van der Waals surface area contributed by atoms with E-state index in [2.05, 4.69) is 21.3 Å². The first kappa shape index (κ1) is 12.3. The van der Waals surface area contributed by atoms with Crippen LogP contribution in [-0.4, -0.2) is 40.7 Å². The molecular weight excluding hydrogens is 214 g/mol. The lowest BCUT2D eigenvalue weighted by Crippen LogP contribution is -2.42. The van der Waals surface area contributed by atoms with E-state index in [9.17, 15) is 5.11 Å². The molecule has 0 aromatic carbocycles. The number of aliphatic hydroxyl groups is 1. The summed E-state index contributed by atoms with van der Waals surface area (Å²) >= 11 is 0. The lowest BCUT2D eigenvalue weighted by Gasteiger charge is -2.35. The molecule has 4 nitrogen and oxygen atoms in total. The van der Waals surface area contributed by atoms with E-state index in [1.165, 1.54) is 0 Å². The number of aromatic nitrogens is 1. The minimum atomic E-state index is -0.475. The number of piperidine rings is 1. The quantitative estimate of drug-likeness (QED) is 0.833. The first-order valence-electron chi connectivity index (χ1n) is 6.16. The first-order valence-corrected chi connectivity index (χ1v) is 6.16. The van der Waals surface area contributed by atoms with Crippen molar-refractivity contribution < 1.29 is 5.11 Å². The fourth-order valence-corrected chi connectivity index (χ4v) is 2.14. The zero-order valence-corrected chi connectivity index (χ0v) is 10.6. The van der Waals surface area contributed by atoms with Gasteiger partial charge in [-0.2, -0.15) is 0 Å². The Labute approximate surface area is 103 Å². The minimum Gasteiger partial charge on any atom is -0.390 e. The van der Waals surface area contributed by atoms with Gasteiger partial charge in [0.15, 0.2) is 0 Å². The number of rotatable bonds is 3. The number of hydrogen-bond donors (Lipinski definition) is 2. The van der Waals surface area contributed by atoms with Gasteiger partial charge >= 0.3 is 0 Å². The molecular formula is C13H21N3O. The second kappa shape index (κ2) is 5.02. The summed E-state index contributed by atoms with van der Waals surface area (Å²) in [6.45, 7) is 4.67. The molecule has 0 atom stereocenters. The maximum absolute atomic E-state index is 9.89. The van der Waals surface area contributed by atoms with Gasteiger partial charge in [0, 0.05) is 38.6 Å². The largest absolute Gasteiger partial charge is 0.390 e. The molecule has 1 aliphatic rings. The highest BCUT2D eigenvalue weighted by Crippen LogP contribution is 2.22. The zero-order chi connectivity index (χ0) is 12.3. The number of hydrogen-bond acceptors (Lipinski definition) is 4. The van der Waals surface area contributed by atoms with E-state index in [1.807, 2.05) is 26.2 Å². The van der Waals surface area contributed by atoms with E-state index in [0.717, 1.165) is 43.9 Å². The highest BCUT2D eigenvalue weighted by molar-refractivity contribution is 5.42. The molecule has 2 N–H and O–H groups in total. The van der Waals surface area contributed by atoms with Crippen molar-refractivity contribution in [2.45, 2.75) is 31.9 Å². The van der Waals surface area contributed by atoms with E-state index < -0.39 is 5.60 Å². The van der Waals surface area contributed by atoms with Gasteiger partial charge in [-0.05, 0) is 31.9 Å². The lowest BCUT2D eigenvalue weighted by molar-refractivity contribution is -0.00757. The Morgan fingerprint density at radius 3 is 2.82 bits per heavy atom. The van der Waals surface area contributed by atoms with E-state index in [0.29, 0.717) is 0 Å². The fourth-order valence-electron chi connectivity index (χ4n) is 2.14. The summed E-state index contributed by atoms with van der Waals surface area (Å²) in [6.07, 6.45) is 3.53. The van der Waals surface area contributed by atoms with Crippen molar-refractivity contribution in [1.29, 1.82) is 0 Å². The average molecular weight is 235 g/mol. The highest BCUT2D eigenvalue weighted by atomic mass is 16.3. The van der Waals surface area contributed by atoms with Crippen molar-refractivity contribution in [2.75, 3.05) is 25.5 Å². The number of nitrogens with one attached hydrogen (secondary N) is 1. The molecule has 1 fully saturated rings. The minimum absolute atomic E-state index is 0.475. The SMILES string of the molecule is CNc1ccnc(CN2CCC(C)(O)CC2)c1. The summed E-state index contributed by atoms with van der Waals surface area (Å²) < 4.78 is 0. The molecule has 0 spiro atoms. The third-order valence-corrected chi connectivity index (χ3v) is 3.42. The summed E-state index contributed by atoms with van der Waals surface area (Å²) in [5.74, 6) is 0. The van der Waals surface area contributed by atoms with Crippen LogP contribution in [0.4, 0.5) is 5.69 Å². The number of pyridine rings is 1. The van der Waals surface area contributed by atoms with Crippen molar-refractivity contribution >= 4 is 5.69 Å². The number of nitrogens with zero attached hydrogens (tertiary/aromatic N) is 2. The van der Waals surface area contributed by atoms with Gasteiger partial charge < -0.3 is 10.4 Å². The van der Waals surface area contributed by atoms with Gasteiger partial charge in [0.1, 0.15) is 0 Å². The summed E-state index contributed by atoms with van der Waals surface area (Å²) in [4.78, 5) is 6.72. The van der Waals surface area contributed by atoms with Crippen molar-refractivity contribution in [2.24, 2.45) is 0 Å². The van der Waals surface area contributed by atoms with E-state index in [1.54, 1.807) is 0 Å². The summed E-state index contributed by atoms with van der Waals surface area (Å²) in [6, 6.07) is 4.04. The maximum atomic E-state index is 9.89. The topological polar surface area (TPSA) is 48.4 Å².